The number of ether oxygens (including phenoxy) is 1. The van der Waals surface area contributed by atoms with Crippen LogP contribution in [-0.2, 0) is 11.2 Å². The molecular formula is C20H19ClFN3O3. The number of pyridine rings is 1. The largest absolute Gasteiger partial charge is 0.478 e. The van der Waals surface area contributed by atoms with Crippen LogP contribution in [0, 0.1) is 5.82 Å². The second-order valence-electron chi connectivity index (χ2n) is 6.94. The van der Waals surface area contributed by atoms with Crippen LogP contribution in [0.3, 0.4) is 0 Å². The van der Waals surface area contributed by atoms with Crippen molar-refractivity contribution in [2.75, 3.05) is 26.7 Å². The first kappa shape index (κ1) is 18.9. The zero-order valence-electron chi connectivity index (χ0n) is 15.2. The summed E-state index contributed by atoms with van der Waals surface area (Å²) in [5.74, 6) is -1.80. The number of fused-ring (bicyclic) bond motifs is 1. The summed E-state index contributed by atoms with van der Waals surface area (Å²) in [5, 5.41) is 9.62. The van der Waals surface area contributed by atoms with Crippen molar-refractivity contribution in [3.05, 3.63) is 58.6 Å². The molecule has 3 aromatic rings. The Hall–Kier alpha value is -2.48. The fourth-order valence-electron chi connectivity index (χ4n) is 3.53. The molecule has 0 bridgehead atoms. The van der Waals surface area contributed by atoms with Crippen LogP contribution in [0.1, 0.15) is 16.1 Å². The summed E-state index contributed by atoms with van der Waals surface area (Å²) in [6.45, 7) is 2.28. The molecule has 1 N–H and O–H groups in total. The molecule has 0 spiro atoms. The summed E-state index contributed by atoms with van der Waals surface area (Å²) in [6, 6.07) is 7.32. The van der Waals surface area contributed by atoms with E-state index in [9.17, 15) is 9.18 Å². The molecule has 8 heteroatoms. The van der Waals surface area contributed by atoms with Crippen molar-refractivity contribution in [3.8, 4) is 11.3 Å². The molecule has 1 aliphatic heterocycles. The molecule has 1 aliphatic rings. The maximum Gasteiger partial charge on any atom is 0.335 e. The van der Waals surface area contributed by atoms with Crippen LogP contribution in [0.25, 0.3) is 16.9 Å². The lowest BCUT2D eigenvalue weighted by atomic mass is 10.0. The van der Waals surface area contributed by atoms with Gasteiger partial charge in [0, 0.05) is 42.4 Å². The van der Waals surface area contributed by atoms with E-state index in [2.05, 4.69) is 9.88 Å². The van der Waals surface area contributed by atoms with Crippen LogP contribution >= 0.6 is 11.6 Å². The molecule has 1 saturated heterocycles. The summed E-state index contributed by atoms with van der Waals surface area (Å²) in [7, 11) is 2.04. The van der Waals surface area contributed by atoms with E-state index in [1.165, 1.54) is 12.1 Å². The fourth-order valence-corrected chi connectivity index (χ4v) is 3.68. The summed E-state index contributed by atoms with van der Waals surface area (Å²) in [5.41, 5.74) is 2.02. The fraction of sp³-hybridized carbons (Fsp3) is 0.300. The van der Waals surface area contributed by atoms with Gasteiger partial charge in [0.15, 0.2) is 0 Å². The molecule has 2 aromatic heterocycles. The van der Waals surface area contributed by atoms with Gasteiger partial charge in [0.05, 0.1) is 29.7 Å². The highest BCUT2D eigenvalue weighted by Gasteiger charge is 2.24. The normalized spacial score (nSPS) is 17.9. The number of rotatable bonds is 4. The van der Waals surface area contributed by atoms with Gasteiger partial charge in [-0.3, -0.25) is 0 Å². The van der Waals surface area contributed by atoms with Crippen molar-refractivity contribution in [2.45, 2.75) is 12.5 Å². The highest BCUT2D eigenvalue weighted by atomic mass is 35.5. The molecule has 28 heavy (non-hydrogen) atoms. The van der Waals surface area contributed by atoms with Crippen molar-refractivity contribution in [1.29, 1.82) is 0 Å². The number of nitrogens with zero attached hydrogens (tertiary/aromatic N) is 3. The number of carboxylic acids is 1. The van der Waals surface area contributed by atoms with Crippen LogP contribution < -0.4 is 0 Å². The smallest absolute Gasteiger partial charge is 0.335 e. The lowest BCUT2D eigenvalue weighted by Gasteiger charge is -2.30. The lowest BCUT2D eigenvalue weighted by Crippen LogP contribution is -2.41. The highest BCUT2D eigenvalue weighted by Crippen LogP contribution is 2.30. The van der Waals surface area contributed by atoms with Crippen molar-refractivity contribution in [1.82, 2.24) is 14.3 Å². The SMILES string of the molecule is CN1CCOC(Cc2c(-c3ccc(C(=O)O)cc3F)nc3cc(Cl)ccn23)C1. The lowest BCUT2D eigenvalue weighted by molar-refractivity contribution is -0.0190. The molecule has 1 fully saturated rings. The van der Waals surface area contributed by atoms with Crippen LogP contribution in [-0.4, -0.2) is 58.2 Å². The zero-order chi connectivity index (χ0) is 19.8. The minimum atomic E-state index is -1.17. The molecule has 3 heterocycles. The number of carbonyl (C=O) groups is 1. The Morgan fingerprint density at radius 1 is 1.39 bits per heavy atom. The molecule has 146 valence electrons. The van der Waals surface area contributed by atoms with Gasteiger partial charge in [-0.2, -0.15) is 0 Å². The van der Waals surface area contributed by atoms with Gasteiger partial charge in [-0.15, -0.1) is 0 Å². The predicted molar refractivity (Wildman–Crippen MR) is 103 cm³/mol. The number of likely N-dealkylation sites (N-methyl/N-ethyl adjacent to an activating group) is 1. The Kier molecular flexibility index (Phi) is 5.05. The van der Waals surface area contributed by atoms with E-state index in [1.807, 2.05) is 11.4 Å². The Morgan fingerprint density at radius 2 is 2.21 bits per heavy atom. The third-order valence-corrected chi connectivity index (χ3v) is 5.16. The van der Waals surface area contributed by atoms with Gasteiger partial charge in [0.25, 0.3) is 0 Å². The van der Waals surface area contributed by atoms with E-state index < -0.39 is 11.8 Å². The molecule has 0 radical (unpaired) electrons. The number of benzene rings is 1. The Balaban J connectivity index is 1.82. The average Bonchev–Trinajstić information content (AvgIpc) is 2.98. The van der Waals surface area contributed by atoms with Gasteiger partial charge < -0.3 is 19.1 Å². The molecule has 0 saturated carbocycles. The number of morpholine rings is 1. The van der Waals surface area contributed by atoms with E-state index in [1.54, 1.807) is 18.3 Å². The third-order valence-electron chi connectivity index (χ3n) is 4.92. The first-order valence-electron chi connectivity index (χ1n) is 8.92. The van der Waals surface area contributed by atoms with Crippen LogP contribution in [0.2, 0.25) is 5.02 Å². The molecule has 0 aliphatic carbocycles. The molecule has 4 rings (SSSR count). The molecule has 1 unspecified atom stereocenters. The zero-order valence-corrected chi connectivity index (χ0v) is 16.0. The standard InChI is InChI=1S/C20H19ClFN3O3/c1-24-6-7-28-14(11-24)10-17-19(23-18-9-13(21)4-5-25(17)18)15-3-2-12(20(26)27)8-16(15)22/h2-5,8-9,14H,6-7,10-11H2,1H3,(H,26,27). The molecule has 1 aromatic carbocycles. The first-order valence-corrected chi connectivity index (χ1v) is 9.30. The number of halogens is 2. The van der Waals surface area contributed by atoms with Gasteiger partial charge >= 0.3 is 5.97 Å². The van der Waals surface area contributed by atoms with Gasteiger partial charge in [0.1, 0.15) is 11.5 Å². The number of hydrogen-bond donors (Lipinski definition) is 1. The van der Waals surface area contributed by atoms with Crippen molar-refractivity contribution < 1.29 is 19.0 Å². The van der Waals surface area contributed by atoms with Crippen molar-refractivity contribution >= 4 is 23.2 Å². The average molecular weight is 404 g/mol. The predicted octanol–water partition coefficient (Wildman–Crippen LogP) is 3.37. The Bertz CT molecular complexity index is 1050. The van der Waals surface area contributed by atoms with E-state index >= 15 is 0 Å². The van der Waals surface area contributed by atoms with Gasteiger partial charge in [-0.25, -0.2) is 14.2 Å². The maximum atomic E-state index is 14.7. The summed E-state index contributed by atoms with van der Waals surface area (Å²) >= 11 is 6.10. The summed E-state index contributed by atoms with van der Waals surface area (Å²) in [4.78, 5) is 17.9. The van der Waals surface area contributed by atoms with Gasteiger partial charge in [-0.05, 0) is 31.3 Å². The number of aromatic nitrogens is 2. The molecule has 0 amide bonds. The summed E-state index contributed by atoms with van der Waals surface area (Å²) in [6.07, 6.45) is 2.30. The van der Waals surface area contributed by atoms with Crippen LogP contribution in [0.15, 0.2) is 36.5 Å². The number of aromatic carboxylic acids is 1. The highest BCUT2D eigenvalue weighted by molar-refractivity contribution is 6.30. The van der Waals surface area contributed by atoms with Crippen LogP contribution in [0.4, 0.5) is 4.39 Å². The minimum Gasteiger partial charge on any atom is -0.478 e. The molecule has 1 atom stereocenters. The van der Waals surface area contributed by atoms with Gasteiger partial charge in [-0.1, -0.05) is 11.6 Å². The second-order valence-corrected chi connectivity index (χ2v) is 7.38. The number of carboxylic acid groups (broad SMARTS) is 1. The van der Waals surface area contributed by atoms with E-state index in [4.69, 9.17) is 21.4 Å². The number of imidazole rings is 1. The maximum absolute atomic E-state index is 14.7. The molecular weight excluding hydrogens is 385 g/mol. The monoisotopic (exact) mass is 403 g/mol. The Labute approximate surface area is 166 Å². The van der Waals surface area contributed by atoms with Crippen molar-refractivity contribution in [2.24, 2.45) is 0 Å². The minimum absolute atomic E-state index is 0.0468. The third kappa shape index (κ3) is 3.61. The summed E-state index contributed by atoms with van der Waals surface area (Å²) < 4.78 is 22.5. The van der Waals surface area contributed by atoms with E-state index in [-0.39, 0.29) is 17.2 Å². The van der Waals surface area contributed by atoms with Crippen molar-refractivity contribution in [3.63, 3.8) is 0 Å². The quantitative estimate of drug-likeness (QED) is 0.723. The molecule has 6 nitrogen and oxygen atoms in total. The second kappa shape index (κ2) is 7.50. The van der Waals surface area contributed by atoms with E-state index in [0.717, 1.165) is 24.8 Å². The van der Waals surface area contributed by atoms with E-state index in [0.29, 0.717) is 29.4 Å². The number of hydrogen-bond acceptors (Lipinski definition) is 4. The van der Waals surface area contributed by atoms with Crippen LogP contribution in [0.5, 0.6) is 0 Å². The first-order chi connectivity index (χ1) is 13.4. The Morgan fingerprint density at radius 3 is 2.93 bits per heavy atom. The topological polar surface area (TPSA) is 67.1 Å². The van der Waals surface area contributed by atoms with Gasteiger partial charge in [0.2, 0.25) is 0 Å².